The molecule has 0 saturated heterocycles. The van der Waals surface area contributed by atoms with Crippen molar-refractivity contribution in [1.82, 2.24) is 9.97 Å². The number of nitrogens with zero attached hydrogens (tertiary/aromatic N) is 3. The zero-order valence-electron chi connectivity index (χ0n) is 18.1. The maximum absolute atomic E-state index is 13.5. The molecule has 0 aliphatic carbocycles. The van der Waals surface area contributed by atoms with E-state index in [1.54, 1.807) is 19.1 Å². The molecule has 2 heterocycles. The van der Waals surface area contributed by atoms with Gasteiger partial charge in [0.15, 0.2) is 0 Å². The van der Waals surface area contributed by atoms with E-state index in [9.17, 15) is 9.65 Å². The maximum atomic E-state index is 13.5. The molecule has 0 saturated carbocycles. The molecule has 5 nitrogen and oxygen atoms in total. The molecule has 0 fully saturated rings. The molecule has 1 unspecified atom stereocenters. The Morgan fingerprint density at radius 1 is 1.28 bits per heavy atom. The zero-order valence-corrected chi connectivity index (χ0v) is 21.1. The summed E-state index contributed by atoms with van der Waals surface area (Å²) in [5, 5.41) is 17.6. The summed E-state index contributed by atoms with van der Waals surface area (Å²) in [7, 11) is 0. The van der Waals surface area contributed by atoms with Gasteiger partial charge in [-0.15, -0.1) is 0 Å². The van der Waals surface area contributed by atoms with Crippen LogP contribution in [0.1, 0.15) is 43.6 Å². The topological polar surface area (TPSA) is 73.6 Å². The standard InChI is InChI=1S/C24H22ClFIN5/c1-14-17(5-6-21(26)31-14)20(7-8-27)32-16-9-18-22(30-13-24(2,3)4)15(11-28)12-29-23(18)19(25)10-16/h5-6,9-10,12,20,32H,13H2,1-4H3,(H,29,30). The zero-order chi connectivity index (χ0) is 23.5. The van der Waals surface area contributed by atoms with Crippen LogP contribution in [0.5, 0.6) is 0 Å². The van der Waals surface area contributed by atoms with Gasteiger partial charge in [-0.25, -0.2) is 4.98 Å². The highest BCUT2D eigenvalue weighted by Crippen LogP contribution is 2.35. The average molecular weight is 562 g/mol. The van der Waals surface area contributed by atoms with Crippen molar-refractivity contribution in [2.75, 3.05) is 17.2 Å². The molecule has 8 heteroatoms. The molecule has 0 amide bonds. The van der Waals surface area contributed by atoms with Crippen LogP contribution in [0.25, 0.3) is 10.9 Å². The van der Waals surface area contributed by atoms with E-state index < -0.39 is 12.0 Å². The number of pyridine rings is 2. The predicted octanol–water partition coefficient (Wildman–Crippen LogP) is 6.61. The number of aryl methyl sites for hydroxylation is 1. The van der Waals surface area contributed by atoms with Crippen LogP contribution >= 0.6 is 34.2 Å². The van der Waals surface area contributed by atoms with E-state index >= 15 is 0 Å². The van der Waals surface area contributed by atoms with E-state index in [0.717, 1.165) is 10.9 Å². The van der Waals surface area contributed by atoms with E-state index in [0.29, 0.717) is 39.7 Å². The first-order chi connectivity index (χ1) is 15.1. The largest absolute Gasteiger partial charge is 0.383 e. The number of nitrogens with one attached hydrogen (secondary N) is 2. The molecular weight excluding hydrogens is 540 g/mol. The molecule has 2 N–H and O–H groups in total. The van der Waals surface area contributed by atoms with Crippen LogP contribution in [-0.4, -0.2) is 16.5 Å². The summed E-state index contributed by atoms with van der Waals surface area (Å²) in [4.78, 5) is 8.30. The predicted molar refractivity (Wildman–Crippen MR) is 137 cm³/mol. The van der Waals surface area contributed by atoms with Crippen LogP contribution in [0.15, 0.2) is 30.5 Å². The third-order valence-electron chi connectivity index (χ3n) is 4.75. The highest BCUT2D eigenvalue weighted by atomic mass is 127. The molecule has 1 atom stereocenters. The number of fused-ring (bicyclic) bond motifs is 1. The van der Waals surface area contributed by atoms with Crippen molar-refractivity contribution in [3.8, 4) is 15.9 Å². The van der Waals surface area contributed by atoms with E-state index in [-0.39, 0.29) is 5.41 Å². The van der Waals surface area contributed by atoms with E-state index in [4.69, 9.17) is 11.6 Å². The lowest BCUT2D eigenvalue weighted by Gasteiger charge is -2.22. The summed E-state index contributed by atoms with van der Waals surface area (Å²) < 4.78 is 16.4. The molecule has 3 aromatic rings. The lowest BCUT2D eigenvalue weighted by atomic mass is 9.96. The summed E-state index contributed by atoms with van der Waals surface area (Å²) in [6.07, 6.45) is 1.53. The Morgan fingerprint density at radius 3 is 2.66 bits per heavy atom. The fourth-order valence-electron chi connectivity index (χ4n) is 3.23. The second kappa shape index (κ2) is 9.89. The minimum Gasteiger partial charge on any atom is -0.383 e. The van der Waals surface area contributed by atoms with E-state index in [1.165, 1.54) is 12.3 Å². The van der Waals surface area contributed by atoms with Gasteiger partial charge in [-0.3, -0.25) is 4.98 Å². The number of hydrogen-bond donors (Lipinski definition) is 2. The van der Waals surface area contributed by atoms with Gasteiger partial charge in [0.1, 0.15) is 12.1 Å². The third-order valence-corrected chi connectivity index (χ3v) is 5.35. The third kappa shape index (κ3) is 5.59. The second-order valence-corrected chi connectivity index (χ2v) is 9.50. The molecular formula is C24H22ClFIN5. The van der Waals surface area contributed by atoms with Crippen LogP contribution in [0.4, 0.5) is 15.8 Å². The number of hydrogen-bond acceptors (Lipinski definition) is 5. The summed E-state index contributed by atoms with van der Waals surface area (Å²) in [6.45, 7) is 8.75. The minimum atomic E-state index is -0.536. The number of nitriles is 1. The van der Waals surface area contributed by atoms with Crippen molar-refractivity contribution in [2.24, 2.45) is 5.41 Å². The van der Waals surface area contributed by atoms with Gasteiger partial charge >= 0.3 is 0 Å². The number of rotatable bonds is 5. The van der Waals surface area contributed by atoms with Gasteiger partial charge in [0.2, 0.25) is 5.95 Å². The average Bonchev–Trinajstić information content (AvgIpc) is 2.71. The highest BCUT2D eigenvalue weighted by molar-refractivity contribution is 14.1. The first kappa shape index (κ1) is 24.0. The summed E-state index contributed by atoms with van der Waals surface area (Å²) in [5.74, 6) is 2.56. The van der Waals surface area contributed by atoms with Crippen LogP contribution in [0.2, 0.25) is 5.02 Å². The Balaban J connectivity index is 2.10. The van der Waals surface area contributed by atoms with Crippen molar-refractivity contribution in [3.05, 3.63) is 58.3 Å². The lowest BCUT2D eigenvalue weighted by molar-refractivity contribution is 0.443. The normalized spacial score (nSPS) is 11.9. The first-order valence-corrected chi connectivity index (χ1v) is 11.4. The van der Waals surface area contributed by atoms with Crippen molar-refractivity contribution >= 4 is 56.5 Å². The van der Waals surface area contributed by atoms with Gasteiger partial charge in [0.05, 0.1) is 21.8 Å². The highest BCUT2D eigenvalue weighted by Gasteiger charge is 2.18. The number of anilines is 2. The molecule has 0 aliphatic heterocycles. The molecule has 164 valence electrons. The van der Waals surface area contributed by atoms with Gasteiger partial charge in [0.25, 0.3) is 0 Å². The summed E-state index contributed by atoms with van der Waals surface area (Å²) >= 11 is 8.53. The van der Waals surface area contributed by atoms with Gasteiger partial charge in [-0.2, -0.15) is 9.65 Å². The van der Waals surface area contributed by atoms with Gasteiger partial charge in [-0.05, 0) is 40.5 Å². The molecule has 2 aromatic heterocycles. The van der Waals surface area contributed by atoms with E-state index in [1.807, 2.05) is 28.7 Å². The van der Waals surface area contributed by atoms with Crippen molar-refractivity contribution in [2.45, 2.75) is 33.7 Å². The number of aromatic nitrogens is 2. The number of halogens is 3. The van der Waals surface area contributed by atoms with E-state index in [2.05, 4.69) is 57.3 Å². The quantitative estimate of drug-likeness (QED) is 0.208. The molecule has 0 radical (unpaired) electrons. The Bertz CT molecular complexity index is 1270. The van der Waals surface area contributed by atoms with Crippen molar-refractivity contribution < 1.29 is 4.39 Å². The monoisotopic (exact) mass is 561 g/mol. The Hall–Kier alpha value is -2.62. The fourth-order valence-corrected chi connectivity index (χ4v) is 3.81. The van der Waals surface area contributed by atoms with Crippen molar-refractivity contribution in [1.29, 1.82) is 5.26 Å². The Morgan fingerprint density at radius 2 is 2.03 bits per heavy atom. The Labute approximate surface area is 205 Å². The molecule has 32 heavy (non-hydrogen) atoms. The molecule has 0 bridgehead atoms. The Kier molecular flexibility index (Phi) is 7.43. The van der Waals surface area contributed by atoms with Gasteiger partial charge in [-0.1, -0.05) is 38.3 Å². The fraction of sp³-hybridized carbons (Fsp3) is 0.292. The van der Waals surface area contributed by atoms with Crippen LogP contribution in [0, 0.1) is 39.5 Å². The molecule has 0 spiro atoms. The van der Waals surface area contributed by atoms with Gasteiger partial charge in [0, 0.05) is 57.7 Å². The molecule has 1 aromatic carbocycles. The first-order valence-electron chi connectivity index (χ1n) is 9.90. The van der Waals surface area contributed by atoms with Gasteiger partial charge < -0.3 is 10.6 Å². The minimum absolute atomic E-state index is 0.00998. The van der Waals surface area contributed by atoms with Crippen molar-refractivity contribution in [3.63, 3.8) is 0 Å². The SMILES string of the molecule is Cc1nc(F)ccc1C(C#CI)Nc1cc(Cl)c2ncc(C#N)c(NCC(C)(C)C)c2c1. The summed E-state index contributed by atoms with van der Waals surface area (Å²) in [6, 6.07) is 8.44. The molecule has 0 aliphatic rings. The number of benzene rings is 1. The van der Waals surface area contributed by atoms with Crippen LogP contribution in [0.3, 0.4) is 0 Å². The van der Waals surface area contributed by atoms with Crippen LogP contribution in [-0.2, 0) is 0 Å². The second-order valence-electron chi connectivity index (χ2n) is 8.55. The maximum Gasteiger partial charge on any atom is 0.213 e. The molecule has 3 rings (SSSR count). The lowest BCUT2D eigenvalue weighted by Crippen LogP contribution is -2.19. The van der Waals surface area contributed by atoms with Crippen LogP contribution < -0.4 is 10.6 Å². The summed E-state index contributed by atoms with van der Waals surface area (Å²) in [5.41, 5.74) is 3.76. The smallest absolute Gasteiger partial charge is 0.213 e.